The van der Waals surface area contributed by atoms with Gasteiger partial charge in [-0.05, 0) is 89.2 Å². The second-order valence-electron chi connectivity index (χ2n) is 15.6. The molecule has 264 valence electrons. The summed E-state index contributed by atoms with van der Waals surface area (Å²) in [5.41, 5.74) is -7.65. The number of hydrogen-bond donors (Lipinski definition) is 3. The molecule has 0 amide bonds. The maximum atomic E-state index is 13.9. The number of carbonyl (C=O) groups is 5. The molecule has 0 spiro atoms. The quantitative estimate of drug-likeness (QED) is 0.242. The normalized spacial score (nSPS) is 38.4. The van der Waals surface area contributed by atoms with Gasteiger partial charge in [0.1, 0.15) is 35.1 Å². The zero-order valence-corrected chi connectivity index (χ0v) is 29.1. The lowest BCUT2D eigenvalue weighted by molar-refractivity contribution is -0.223. The lowest BCUT2D eigenvalue weighted by Crippen LogP contribution is -2.69. The van der Waals surface area contributed by atoms with E-state index in [4.69, 9.17) is 18.9 Å². The van der Waals surface area contributed by atoms with Gasteiger partial charge in [-0.1, -0.05) is 13.8 Å². The van der Waals surface area contributed by atoms with Crippen molar-refractivity contribution < 1.29 is 58.2 Å². The van der Waals surface area contributed by atoms with Gasteiger partial charge in [0.05, 0.1) is 5.60 Å². The third kappa shape index (κ3) is 6.25. The molecule has 4 aliphatic carbocycles. The molecule has 0 aromatic heterocycles. The molecule has 4 aliphatic rings. The first-order valence-corrected chi connectivity index (χ1v) is 16.6. The third-order valence-electron chi connectivity index (χ3n) is 12.0. The lowest BCUT2D eigenvalue weighted by Gasteiger charge is -2.63. The predicted molar refractivity (Wildman–Crippen MR) is 166 cm³/mol. The summed E-state index contributed by atoms with van der Waals surface area (Å²) in [6, 6.07) is 0. The summed E-state index contributed by atoms with van der Waals surface area (Å²) in [5.74, 6) is -3.94. The van der Waals surface area contributed by atoms with Gasteiger partial charge in [0, 0.05) is 44.9 Å². The van der Waals surface area contributed by atoms with Crippen LogP contribution < -0.4 is 0 Å². The van der Waals surface area contributed by atoms with Crippen molar-refractivity contribution in [2.45, 2.75) is 154 Å². The van der Waals surface area contributed by atoms with Crippen molar-refractivity contribution >= 4 is 29.7 Å². The van der Waals surface area contributed by atoms with Gasteiger partial charge in [0.15, 0.2) is 5.78 Å². The van der Waals surface area contributed by atoms with Crippen LogP contribution in [-0.2, 0) is 42.9 Å². The highest BCUT2D eigenvalue weighted by molar-refractivity contribution is 6.00. The molecule has 12 nitrogen and oxygen atoms in total. The number of ketones is 1. The second kappa shape index (κ2) is 12.2. The topological polar surface area (TPSA) is 183 Å². The first-order valence-electron chi connectivity index (χ1n) is 16.6. The maximum Gasteiger partial charge on any atom is 0.303 e. The Balaban J connectivity index is 1.71. The van der Waals surface area contributed by atoms with Crippen LogP contribution in [0.5, 0.6) is 0 Å². The number of hydrogen-bond acceptors (Lipinski definition) is 12. The van der Waals surface area contributed by atoms with Crippen LogP contribution >= 0.6 is 0 Å². The van der Waals surface area contributed by atoms with Crippen LogP contribution in [0.2, 0.25) is 0 Å². The number of ether oxygens (including phenoxy) is 4. The van der Waals surface area contributed by atoms with Gasteiger partial charge in [-0.3, -0.25) is 24.0 Å². The van der Waals surface area contributed by atoms with E-state index >= 15 is 0 Å². The van der Waals surface area contributed by atoms with Crippen LogP contribution in [0.15, 0.2) is 11.6 Å². The van der Waals surface area contributed by atoms with Crippen molar-refractivity contribution in [3.63, 3.8) is 0 Å². The highest BCUT2D eigenvalue weighted by Crippen LogP contribution is 2.69. The summed E-state index contributed by atoms with van der Waals surface area (Å²) < 4.78 is 22.1. The van der Waals surface area contributed by atoms with Crippen LogP contribution in [0.1, 0.15) is 114 Å². The van der Waals surface area contributed by atoms with Crippen molar-refractivity contribution in [1.29, 1.82) is 0 Å². The Morgan fingerprint density at radius 3 is 1.96 bits per heavy atom. The van der Waals surface area contributed by atoms with E-state index in [0.29, 0.717) is 31.3 Å². The monoisotopic (exact) mass is 664 g/mol. The lowest BCUT2D eigenvalue weighted by atomic mass is 9.44. The van der Waals surface area contributed by atoms with Gasteiger partial charge < -0.3 is 34.3 Å². The Hall–Kier alpha value is -2.83. The van der Waals surface area contributed by atoms with Crippen molar-refractivity contribution in [2.75, 3.05) is 0 Å². The Morgan fingerprint density at radius 2 is 1.43 bits per heavy atom. The van der Waals surface area contributed by atoms with E-state index in [1.807, 2.05) is 6.92 Å². The van der Waals surface area contributed by atoms with E-state index < -0.39 is 93.0 Å². The SMILES string of the molecule is CC(=O)O[C@H]1C[C@]2(C)[C@H]3CC[C@]4(C)[C@@H]([C@@](C)(O)[C@@H](CCC(C)(C)OC(C)=O)OC(C)=O)CC[C@@]4(O)C3=CC(=O)[C@]2(O)C[C@H]1OC(C)=O. The standard InChI is InChI=1S/C35H52O12/c1-19(36)44-25-17-32(8)23-10-14-31(7)27(33(9,41)29(46-21(3)38)12-13-30(5,6)47-22(4)39)11-15-34(31,42)24(23)16-28(40)35(32,43)18-26(25)45-20(2)37/h16,23,25-27,29,41-43H,10-15,17-18H2,1-9H3/t23-,25-,26+,27-,29+,31+,32+,33+,34+,35+/m0/s1. The fourth-order valence-electron chi connectivity index (χ4n) is 9.73. The molecule has 12 heteroatoms. The highest BCUT2D eigenvalue weighted by atomic mass is 16.6. The molecule has 0 aliphatic heterocycles. The zero-order valence-electron chi connectivity index (χ0n) is 29.1. The minimum absolute atomic E-state index is 0.0232. The van der Waals surface area contributed by atoms with Gasteiger partial charge in [0.25, 0.3) is 0 Å². The summed E-state index contributed by atoms with van der Waals surface area (Å²) >= 11 is 0. The number of carbonyl (C=O) groups excluding carboxylic acids is 5. The molecule has 47 heavy (non-hydrogen) atoms. The maximum absolute atomic E-state index is 13.9. The van der Waals surface area contributed by atoms with E-state index in [9.17, 15) is 39.3 Å². The second-order valence-corrected chi connectivity index (χ2v) is 15.6. The smallest absolute Gasteiger partial charge is 0.303 e. The molecule has 0 aromatic rings. The van der Waals surface area contributed by atoms with Gasteiger partial charge >= 0.3 is 23.9 Å². The number of fused-ring (bicyclic) bond motifs is 5. The van der Waals surface area contributed by atoms with Crippen LogP contribution in [0.3, 0.4) is 0 Å². The van der Waals surface area contributed by atoms with Crippen molar-refractivity contribution in [3.05, 3.63) is 11.6 Å². The average Bonchev–Trinajstić information content (AvgIpc) is 3.19. The Morgan fingerprint density at radius 1 is 0.851 bits per heavy atom. The van der Waals surface area contributed by atoms with Crippen molar-refractivity contribution in [1.82, 2.24) is 0 Å². The molecule has 10 atom stereocenters. The van der Waals surface area contributed by atoms with E-state index in [1.165, 1.54) is 33.8 Å². The summed E-state index contributed by atoms with van der Waals surface area (Å²) in [5, 5.41) is 37.0. The van der Waals surface area contributed by atoms with E-state index in [2.05, 4.69) is 0 Å². The molecular formula is C35H52O12. The highest BCUT2D eigenvalue weighted by Gasteiger charge is 2.72. The molecular weight excluding hydrogens is 612 g/mol. The summed E-state index contributed by atoms with van der Waals surface area (Å²) in [6.45, 7) is 13.8. The summed E-state index contributed by atoms with van der Waals surface area (Å²) in [4.78, 5) is 61.8. The van der Waals surface area contributed by atoms with Gasteiger partial charge in [0.2, 0.25) is 0 Å². The van der Waals surface area contributed by atoms with E-state index in [0.717, 1.165) is 0 Å². The molecule has 0 aromatic carbocycles. The molecule has 0 heterocycles. The van der Waals surface area contributed by atoms with Gasteiger partial charge in [-0.25, -0.2) is 0 Å². The summed E-state index contributed by atoms with van der Waals surface area (Å²) in [6.07, 6.45) is 0.0730. The van der Waals surface area contributed by atoms with Crippen molar-refractivity contribution in [2.24, 2.45) is 22.7 Å². The molecule has 3 N–H and O–H groups in total. The van der Waals surface area contributed by atoms with Crippen LogP contribution in [0, 0.1) is 22.7 Å². The van der Waals surface area contributed by atoms with Gasteiger partial charge in [-0.15, -0.1) is 0 Å². The summed E-state index contributed by atoms with van der Waals surface area (Å²) in [7, 11) is 0. The minimum Gasteiger partial charge on any atom is -0.460 e. The molecule has 0 saturated heterocycles. The van der Waals surface area contributed by atoms with E-state index in [1.54, 1.807) is 27.7 Å². The molecule has 0 bridgehead atoms. The average molecular weight is 665 g/mol. The Labute approximate surface area is 276 Å². The van der Waals surface area contributed by atoms with E-state index in [-0.39, 0.29) is 25.7 Å². The molecule has 0 radical (unpaired) electrons. The third-order valence-corrected chi connectivity index (χ3v) is 12.0. The Bertz CT molecular complexity index is 1350. The fourth-order valence-corrected chi connectivity index (χ4v) is 9.73. The molecule has 0 unspecified atom stereocenters. The predicted octanol–water partition coefficient (Wildman–Crippen LogP) is 3.25. The van der Waals surface area contributed by atoms with Crippen LogP contribution in [0.4, 0.5) is 0 Å². The Kier molecular flexibility index (Phi) is 9.64. The first-order chi connectivity index (χ1) is 21.4. The minimum atomic E-state index is -1.94. The van der Waals surface area contributed by atoms with Crippen LogP contribution in [-0.4, -0.2) is 85.7 Å². The molecule has 3 saturated carbocycles. The van der Waals surface area contributed by atoms with Gasteiger partial charge in [-0.2, -0.15) is 0 Å². The first kappa shape index (κ1) is 37.0. The number of esters is 4. The number of aliphatic hydroxyl groups is 3. The van der Waals surface area contributed by atoms with Crippen LogP contribution in [0.25, 0.3) is 0 Å². The molecule has 3 fully saturated rings. The number of rotatable bonds is 9. The fraction of sp³-hybridized carbons (Fsp3) is 0.800. The zero-order chi connectivity index (χ0) is 35.5. The molecule has 4 rings (SSSR count). The van der Waals surface area contributed by atoms with Crippen molar-refractivity contribution in [3.8, 4) is 0 Å². The largest absolute Gasteiger partial charge is 0.460 e.